The number of carbonyl (C=O) groups excluding carboxylic acids is 2. The first-order chi connectivity index (χ1) is 13.1. The molecule has 1 fully saturated rings. The number of aromatic nitrogens is 2. The number of carbonyl (C=O) groups is 2. The van der Waals surface area contributed by atoms with Crippen molar-refractivity contribution in [2.45, 2.75) is 13.0 Å². The summed E-state index contributed by atoms with van der Waals surface area (Å²) < 4.78 is 2.99. The number of benzene rings is 2. The molecule has 0 spiro atoms. The largest absolute Gasteiger partial charge is 0.312 e. The van der Waals surface area contributed by atoms with Gasteiger partial charge in [-0.3, -0.25) is 14.5 Å². The molecule has 2 amide bonds. The van der Waals surface area contributed by atoms with Crippen molar-refractivity contribution < 1.29 is 9.59 Å². The van der Waals surface area contributed by atoms with Crippen LogP contribution in [0.25, 0.3) is 11.0 Å². The third-order valence-corrected chi connectivity index (χ3v) is 5.78. The van der Waals surface area contributed by atoms with Crippen molar-refractivity contribution in [3.8, 4) is 0 Å². The van der Waals surface area contributed by atoms with Crippen molar-refractivity contribution in [1.29, 1.82) is 0 Å². The first-order valence-electron chi connectivity index (χ1n) is 8.94. The van der Waals surface area contributed by atoms with E-state index in [0.717, 1.165) is 27.7 Å². The van der Waals surface area contributed by atoms with E-state index in [1.54, 1.807) is 9.80 Å². The molecule has 1 atom stereocenters. The first kappa shape index (κ1) is 16.5. The second kappa shape index (κ2) is 6.20. The van der Waals surface area contributed by atoms with Gasteiger partial charge in [-0.15, -0.1) is 0 Å². The lowest BCUT2D eigenvalue weighted by atomic mass is 10.1. The monoisotopic (exact) mass is 424 g/mol. The lowest BCUT2D eigenvalue weighted by Crippen LogP contribution is -2.36. The highest BCUT2D eigenvalue weighted by molar-refractivity contribution is 9.10. The maximum absolute atomic E-state index is 13.2. The third kappa shape index (κ3) is 2.65. The molecule has 2 aliphatic heterocycles. The quantitative estimate of drug-likeness (QED) is 0.634. The number of imidazole rings is 1. The molecule has 7 heteroatoms. The number of rotatable bonds is 2. The SMILES string of the molecule is O=C1C[C@H](C(=O)N2CCn3c2nc2ccccc23)CN1c1cccc(Br)c1. The Kier molecular flexibility index (Phi) is 3.79. The summed E-state index contributed by atoms with van der Waals surface area (Å²) in [6.45, 7) is 1.75. The minimum absolute atomic E-state index is 0.0147. The van der Waals surface area contributed by atoms with E-state index in [0.29, 0.717) is 19.0 Å². The molecule has 0 saturated carbocycles. The molecule has 0 N–H and O–H groups in total. The lowest BCUT2D eigenvalue weighted by Gasteiger charge is -2.20. The second-order valence-electron chi connectivity index (χ2n) is 6.93. The Bertz CT molecular complexity index is 1080. The van der Waals surface area contributed by atoms with Gasteiger partial charge in [-0.05, 0) is 30.3 Å². The standard InChI is InChI=1S/C20H17BrN4O2/c21-14-4-3-5-15(11-14)25-12-13(10-18(25)26)19(27)24-9-8-23-17-7-2-1-6-16(17)22-20(23)24/h1-7,11,13H,8-10,12H2/t13-/m0/s1. The molecule has 2 aliphatic rings. The fraction of sp³-hybridized carbons (Fsp3) is 0.250. The Hall–Kier alpha value is -2.67. The normalized spacial score (nSPS) is 19.1. The Labute approximate surface area is 164 Å². The molecule has 1 aromatic heterocycles. The number of anilines is 2. The second-order valence-corrected chi connectivity index (χ2v) is 7.84. The summed E-state index contributed by atoms with van der Waals surface area (Å²) in [6.07, 6.45) is 0.238. The van der Waals surface area contributed by atoms with Gasteiger partial charge < -0.3 is 9.47 Å². The smallest absolute Gasteiger partial charge is 0.234 e. The van der Waals surface area contributed by atoms with Crippen molar-refractivity contribution in [2.24, 2.45) is 5.92 Å². The number of hydrogen-bond acceptors (Lipinski definition) is 3. The summed E-state index contributed by atoms with van der Waals surface area (Å²) in [5, 5.41) is 0. The fourth-order valence-electron chi connectivity index (χ4n) is 3.98. The van der Waals surface area contributed by atoms with Gasteiger partial charge in [-0.25, -0.2) is 4.98 Å². The van der Waals surface area contributed by atoms with E-state index in [9.17, 15) is 9.59 Å². The van der Waals surface area contributed by atoms with Gasteiger partial charge in [0.05, 0.1) is 17.0 Å². The molecule has 0 radical (unpaired) electrons. The molecule has 6 nitrogen and oxygen atoms in total. The zero-order valence-electron chi connectivity index (χ0n) is 14.5. The lowest BCUT2D eigenvalue weighted by molar-refractivity contribution is -0.124. The van der Waals surface area contributed by atoms with Crippen LogP contribution in [0.5, 0.6) is 0 Å². The van der Waals surface area contributed by atoms with E-state index < -0.39 is 0 Å². The molecular formula is C20H17BrN4O2. The summed E-state index contributed by atoms with van der Waals surface area (Å²) in [6, 6.07) is 15.5. The molecule has 5 rings (SSSR count). The number of para-hydroxylation sites is 2. The van der Waals surface area contributed by atoms with Gasteiger partial charge in [0, 0.05) is 36.2 Å². The topological polar surface area (TPSA) is 58.4 Å². The van der Waals surface area contributed by atoms with Gasteiger partial charge >= 0.3 is 0 Å². The predicted octanol–water partition coefficient (Wildman–Crippen LogP) is 3.20. The van der Waals surface area contributed by atoms with Crippen LogP contribution < -0.4 is 9.80 Å². The van der Waals surface area contributed by atoms with E-state index in [2.05, 4.69) is 25.5 Å². The van der Waals surface area contributed by atoms with Crippen molar-refractivity contribution in [1.82, 2.24) is 9.55 Å². The maximum Gasteiger partial charge on any atom is 0.234 e. The Balaban J connectivity index is 1.41. The van der Waals surface area contributed by atoms with Gasteiger partial charge in [0.2, 0.25) is 17.8 Å². The van der Waals surface area contributed by atoms with Gasteiger partial charge in [0.25, 0.3) is 0 Å². The molecule has 0 bridgehead atoms. The summed E-state index contributed by atoms with van der Waals surface area (Å²) in [4.78, 5) is 33.8. The number of hydrogen-bond donors (Lipinski definition) is 0. The minimum Gasteiger partial charge on any atom is -0.312 e. The number of amides is 2. The Morgan fingerprint density at radius 3 is 2.81 bits per heavy atom. The molecule has 0 aliphatic carbocycles. The molecule has 136 valence electrons. The molecular weight excluding hydrogens is 408 g/mol. The molecule has 2 aromatic carbocycles. The van der Waals surface area contributed by atoms with Gasteiger partial charge in [0.1, 0.15) is 0 Å². The van der Waals surface area contributed by atoms with E-state index >= 15 is 0 Å². The van der Waals surface area contributed by atoms with Gasteiger partial charge in [0.15, 0.2) is 0 Å². The van der Waals surface area contributed by atoms with Gasteiger partial charge in [-0.1, -0.05) is 34.1 Å². The number of nitrogens with zero attached hydrogens (tertiary/aromatic N) is 4. The zero-order chi connectivity index (χ0) is 18.5. The summed E-state index contributed by atoms with van der Waals surface area (Å²) >= 11 is 3.44. The molecule has 1 saturated heterocycles. The van der Waals surface area contributed by atoms with Crippen molar-refractivity contribution in [2.75, 3.05) is 22.9 Å². The third-order valence-electron chi connectivity index (χ3n) is 5.28. The van der Waals surface area contributed by atoms with Crippen LogP contribution in [0.1, 0.15) is 6.42 Å². The molecule has 3 aromatic rings. The van der Waals surface area contributed by atoms with E-state index in [1.165, 1.54) is 0 Å². The fourth-order valence-corrected chi connectivity index (χ4v) is 4.37. The minimum atomic E-state index is -0.345. The van der Waals surface area contributed by atoms with Crippen LogP contribution >= 0.6 is 15.9 Å². The van der Waals surface area contributed by atoms with Crippen LogP contribution in [-0.4, -0.2) is 34.5 Å². The van der Waals surface area contributed by atoms with Crippen LogP contribution in [0, 0.1) is 5.92 Å². The summed E-state index contributed by atoms with van der Waals surface area (Å²) in [5.74, 6) is 0.312. The van der Waals surface area contributed by atoms with Crippen LogP contribution in [-0.2, 0) is 16.1 Å². The number of halogens is 1. The van der Waals surface area contributed by atoms with Crippen LogP contribution in [0.3, 0.4) is 0 Å². The van der Waals surface area contributed by atoms with E-state index in [1.807, 2.05) is 48.5 Å². The highest BCUT2D eigenvalue weighted by atomic mass is 79.9. The summed E-state index contributed by atoms with van der Waals surface area (Å²) in [5.41, 5.74) is 2.75. The highest BCUT2D eigenvalue weighted by Gasteiger charge is 2.40. The Morgan fingerprint density at radius 1 is 1.11 bits per heavy atom. The summed E-state index contributed by atoms with van der Waals surface area (Å²) in [7, 11) is 0. The number of fused-ring (bicyclic) bond motifs is 3. The predicted molar refractivity (Wildman–Crippen MR) is 107 cm³/mol. The maximum atomic E-state index is 13.2. The van der Waals surface area contributed by atoms with Crippen LogP contribution in [0.4, 0.5) is 11.6 Å². The van der Waals surface area contributed by atoms with E-state index in [4.69, 9.17) is 0 Å². The van der Waals surface area contributed by atoms with Crippen LogP contribution in [0.2, 0.25) is 0 Å². The van der Waals surface area contributed by atoms with Crippen LogP contribution in [0.15, 0.2) is 53.0 Å². The average Bonchev–Trinajstić information content (AvgIpc) is 3.34. The zero-order valence-corrected chi connectivity index (χ0v) is 16.1. The Morgan fingerprint density at radius 2 is 1.96 bits per heavy atom. The highest BCUT2D eigenvalue weighted by Crippen LogP contribution is 2.32. The van der Waals surface area contributed by atoms with Crippen molar-refractivity contribution >= 4 is 50.4 Å². The first-order valence-corrected chi connectivity index (χ1v) is 9.74. The van der Waals surface area contributed by atoms with Crippen molar-refractivity contribution in [3.05, 3.63) is 53.0 Å². The molecule has 3 heterocycles. The van der Waals surface area contributed by atoms with Crippen molar-refractivity contribution in [3.63, 3.8) is 0 Å². The molecule has 0 unspecified atom stereocenters. The average molecular weight is 425 g/mol. The molecule has 27 heavy (non-hydrogen) atoms. The van der Waals surface area contributed by atoms with E-state index in [-0.39, 0.29) is 24.2 Å². The van der Waals surface area contributed by atoms with Gasteiger partial charge in [-0.2, -0.15) is 0 Å².